The lowest BCUT2D eigenvalue weighted by molar-refractivity contribution is 0.0552. The van der Waals surface area contributed by atoms with Gasteiger partial charge in [-0.15, -0.1) is 0 Å². The number of furan rings is 1. The Morgan fingerprint density at radius 2 is 2.35 bits per heavy atom. The highest BCUT2D eigenvalue weighted by atomic mass is 35.5. The predicted molar refractivity (Wildman–Crippen MR) is 74.6 cm³/mol. The molecule has 0 unspecified atom stereocenters. The van der Waals surface area contributed by atoms with Gasteiger partial charge in [0.15, 0.2) is 11.0 Å². The van der Waals surface area contributed by atoms with E-state index in [-0.39, 0.29) is 17.2 Å². The summed E-state index contributed by atoms with van der Waals surface area (Å²) in [6.07, 6.45) is 6.81. The van der Waals surface area contributed by atoms with E-state index in [9.17, 15) is 4.79 Å². The number of nitrogens with zero attached hydrogens (tertiary/aromatic N) is 3. The maximum Gasteiger partial charge on any atom is 0.289 e. The minimum Gasteiger partial charge on any atom is -0.440 e. The zero-order valence-corrected chi connectivity index (χ0v) is 11.8. The van der Waals surface area contributed by atoms with Crippen LogP contribution in [0.5, 0.6) is 0 Å². The Morgan fingerprint density at radius 1 is 1.45 bits per heavy atom. The first-order valence-corrected chi connectivity index (χ1v) is 7.15. The van der Waals surface area contributed by atoms with Gasteiger partial charge in [0.05, 0.1) is 12.6 Å². The molecule has 2 aromatic heterocycles. The van der Waals surface area contributed by atoms with Gasteiger partial charge in [0, 0.05) is 18.9 Å². The van der Waals surface area contributed by atoms with E-state index < -0.39 is 0 Å². The second kappa shape index (κ2) is 5.71. The zero-order chi connectivity index (χ0) is 13.9. The van der Waals surface area contributed by atoms with Crippen LogP contribution < -0.4 is 0 Å². The summed E-state index contributed by atoms with van der Waals surface area (Å²) in [6.45, 7) is 1.47. The predicted octanol–water partition coefficient (Wildman–Crippen LogP) is 2.82. The summed E-state index contributed by atoms with van der Waals surface area (Å²) in [5, 5.41) is 4.46. The summed E-state index contributed by atoms with van der Waals surface area (Å²) < 4.78 is 7.10. The number of hydrogen-bond acceptors (Lipinski definition) is 3. The quantitative estimate of drug-likeness (QED) is 0.874. The third-order valence-electron chi connectivity index (χ3n) is 3.63. The monoisotopic (exact) mass is 293 g/mol. The van der Waals surface area contributed by atoms with E-state index in [2.05, 4.69) is 5.10 Å². The molecule has 0 aromatic carbocycles. The molecule has 1 fully saturated rings. The van der Waals surface area contributed by atoms with Crippen molar-refractivity contribution in [3.05, 3.63) is 41.6 Å². The fraction of sp³-hybridized carbons (Fsp3) is 0.429. The number of amides is 1. The molecule has 1 saturated heterocycles. The summed E-state index contributed by atoms with van der Waals surface area (Å²) in [6, 6.07) is 5.27. The number of hydrogen-bond donors (Lipinski definition) is 0. The number of halogens is 1. The first-order valence-electron chi connectivity index (χ1n) is 6.78. The van der Waals surface area contributed by atoms with Gasteiger partial charge in [0.25, 0.3) is 5.91 Å². The van der Waals surface area contributed by atoms with E-state index in [1.54, 1.807) is 18.3 Å². The van der Waals surface area contributed by atoms with Crippen molar-refractivity contribution in [3.63, 3.8) is 0 Å². The van der Waals surface area contributed by atoms with E-state index >= 15 is 0 Å². The molecule has 0 radical (unpaired) electrons. The maximum absolute atomic E-state index is 12.5. The molecule has 0 saturated carbocycles. The van der Waals surface area contributed by atoms with Crippen molar-refractivity contribution < 1.29 is 9.21 Å². The molecule has 20 heavy (non-hydrogen) atoms. The van der Waals surface area contributed by atoms with Gasteiger partial charge in [0.1, 0.15) is 0 Å². The Kier molecular flexibility index (Phi) is 3.78. The molecule has 1 atom stereocenters. The Hall–Kier alpha value is -1.75. The summed E-state index contributed by atoms with van der Waals surface area (Å²) in [5.41, 5.74) is 0. The number of carbonyl (C=O) groups excluding carboxylic acids is 1. The summed E-state index contributed by atoms with van der Waals surface area (Å²) in [5.74, 6) is 0.219. The average molecular weight is 294 g/mol. The van der Waals surface area contributed by atoms with Crippen molar-refractivity contribution in [2.24, 2.45) is 0 Å². The summed E-state index contributed by atoms with van der Waals surface area (Å²) in [7, 11) is 0. The molecule has 3 rings (SSSR count). The van der Waals surface area contributed by atoms with Crippen molar-refractivity contribution in [2.75, 3.05) is 6.54 Å². The molecule has 1 aliphatic rings. The lowest BCUT2D eigenvalue weighted by Gasteiger charge is -2.35. The smallest absolute Gasteiger partial charge is 0.289 e. The first-order chi connectivity index (χ1) is 9.74. The van der Waals surface area contributed by atoms with Crippen LogP contribution in [0.3, 0.4) is 0 Å². The molecule has 0 N–H and O–H groups in total. The summed E-state index contributed by atoms with van der Waals surface area (Å²) >= 11 is 5.74. The molecule has 5 nitrogen and oxygen atoms in total. The molecule has 1 aliphatic heterocycles. The van der Waals surface area contributed by atoms with Gasteiger partial charge >= 0.3 is 0 Å². The van der Waals surface area contributed by atoms with E-state index in [0.29, 0.717) is 12.3 Å². The van der Waals surface area contributed by atoms with Crippen molar-refractivity contribution in [1.82, 2.24) is 14.7 Å². The van der Waals surface area contributed by atoms with Gasteiger partial charge in [0.2, 0.25) is 0 Å². The van der Waals surface area contributed by atoms with Crippen LogP contribution in [0.4, 0.5) is 0 Å². The molecule has 3 heterocycles. The number of rotatable bonds is 3. The minimum absolute atomic E-state index is 0.0891. The molecular weight excluding hydrogens is 278 g/mol. The highest BCUT2D eigenvalue weighted by Crippen LogP contribution is 2.22. The van der Waals surface area contributed by atoms with Crippen molar-refractivity contribution in [3.8, 4) is 0 Å². The Morgan fingerprint density at radius 3 is 3.05 bits per heavy atom. The highest BCUT2D eigenvalue weighted by Gasteiger charge is 2.29. The molecule has 0 aliphatic carbocycles. The third kappa shape index (κ3) is 2.72. The van der Waals surface area contributed by atoms with Crippen LogP contribution in [0.15, 0.2) is 35.0 Å². The lowest BCUT2D eigenvalue weighted by atomic mass is 10.0. The fourth-order valence-electron chi connectivity index (χ4n) is 2.65. The van der Waals surface area contributed by atoms with Crippen molar-refractivity contribution in [1.29, 1.82) is 0 Å². The van der Waals surface area contributed by atoms with Gasteiger partial charge in [-0.05, 0) is 49.1 Å². The molecule has 106 valence electrons. The van der Waals surface area contributed by atoms with Gasteiger partial charge in [-0.3, -0.25) is 9.48 Å². The Bertz CT molecular complexity index is 579. The number of likely N-dealkylation sites (tertiary alicyclic amines) is 1. The van der Waals surface area contributed by atoms with Gasteiger partial charge < -0.3 is 9.32 Å². The standard InChI is InChI=1S/C14H16ClN3O2/c15-13-6-5-12(20-13)14(19)18-9-2-1-4-11(18)10-17-8-3-7-16-17/h3,5-8,11H,1-2,4,9-10H2/t11-/m1/s1. The second-order valence-corrected chi connectivity index (χ2v) is 5.35. The van der Waals surface area contributed by atoms with Crippen LogP contribution in [0.1, 0.15) is 29.8 Å². The molecule has 6 heteroatoms. The maximum atomic E-state index is 12.5. The minimum atomic E-state index is -0.0891. The normalized spacial score (nSPS) is 19.2. The van der Waals surface area contributed by atoms with Crippen LogP contribution >= 0.6 is 11.6 Å². The topological polar surface area (TPSA) is 51.3 Å². The zero-order valence-electron chi connectivity index (χ0n) is 11.0. The van der Waals surface area contributed by atoms with Crippen LogP contribution in [-0.2, 0) is 6.54 Å². The third-order valence-corrected chi connectivity index (χ3v) is 3.83. The van der Waals surface area contributed by atoms with Crippen molar-refractivity contribution in [2.45, 2.75) is 31.8 Å². The lowest BCUT2D eigenvalue weighted by Crippen LogP contribution is -2.45. The number of carbonyl (C=O) groups is 1. The number of aromatic nitrogens is 2. The number of piperidine rings is 1. The average Bonchev–Trinajstić information content (AvgIpc) is 3.10. The van der Waals surface area contributed by atoms with Crippen LogP contribution in [0.25, 0.3) is 0 Å². The summed E-state index contributed by atoms with van der Waals surface area (Å²) in [4.78, 5) is 14.4. The Labute approximate surface area is 122 Å². The van der Waals surface area contributed by atoms with E-state index in [4.69, 9.17) is 16.0 Å². The second-order valence-electron chi connectivity index (χ2n) is 4.98. The van der Waals surface area contributed by atoms with E-state index in [0.717, 1.165) is 25.8 Å². The van der Waals surface area contributed by atoms with E-state index in [1.807, 2.05) is 21.8 Å². The largest absolute Gasteiger partial charge is 0.440 e. The molecule has 1 amide bonds. The molecular formula is C14H16ClN3O2. The van der Waals surface area contributed by atoms with Crippen LogP contribution in [0, 0.1) is 0 Å². The highest BCUT2D eigenvalue weighted by molar-refractivity contribution is 6.29. The Balaban J connectivity index is 1.76. The SMILES string of the molecule is O=C(c1ccc(Cl)o1)N1CCCC[C@@H]1Cn1cccn1. The first kappa shape index (κ1) is 13.2. The fourth-order valence-corrected chi connectivity index (χ4v) is 2.80. The van der Waals surface area contributed by atoms with Crippen LogP contribution in [-0.4, -0.2) is 33.2 Å². The van der Waals surface area contributed by atoms with E-state index in [1.165, 1.54) is 0 Å². The molecule has 2 aromatic rings. The van der Waals surface area contributed by atoms with Crippen molar-refractivity contribution >= 4 is 17.5 Å². The van der Waals surface area contributed by atoms with Crippen LogP contribution in [0.2, 0.25) is 5.22 Å². The molecule has 0 bridgehead atoms. The van der Waals surface area contributed by atoms with Gasteiger partial charge in [-0.1, -0.05) is 0 Å². The molecule has 0 spiro atoms. The van der Waals surface area contributed by atoms with Gasteiger partial charge in [-0.25, -0.2) is 0 Å². The van der Waals surface area contributed by atoms with Gasteiger partial charge in [-0.2, -0.15) is 5.10 Å².